The molecule has 0 aromatic carbocycles. The van der Waals surface area contributed by atoms with Gasteiger partial charge in [0.25, 0.3) is 6.43 Å². The molecule has 0 fully saturated rings. The molecule has 3 nitrogen and oxygen atoms in total. The SMILES string of the molecule is COc1cc(Br)c(OC)c(C(F)F)n1. The lowest BCUT2D eigenvalue weighted by Gasteiger charge is -2.10. The van der Waals surface area contributed by atoms with Crippen molar-refractivity contribution >= 4 is 15.9 Å². The molecule has 0 N–H and O–H groups in total. The largest absolute Gasteiger partial charge is 0.493 e. The minimum atomic E-state index is -2.70. The molecule has 0 amide bonds. The second kappa shape index (κ2) is 4.54. The monoisotopic (exact) mass is 267 g/mol. The third-order valence-corrected chi connectivity index (χ3v) is 2.14. The molecule has 14 heavy (non-hydrogen) atoms. The highest BCUT2D eigenvalue weighted by atomic mass is 79.9. The van der Waals surface area contributed by atoms with Gasteiger partial charge >= 0.3 is 0 Å². The number of ether oxygens (including phenoxy) is 2. The number of nitrogens with zero attached hydrogens (tertiary/aromatic N) is 1. The first kappa shape index (κ1) is 11.2. The predicted molar refractivity (Wildman–Crippen MR) is 50.0 cm³/mol. The maximum Gasteiger partial charge on any atom is 0.284 e. The molecule has 0 aliphatic heterocycles. The van der Waals surface area contributed by atoms with E-state index in [0.717, 1.165) is 0 Å². The van der Waals surface area contributed by atoms with E-state index in [-0.39, 0.29) is 11.6 Å². The van der Waals surface area contributed by atoms with E-state index in [2.05, 4.69) is 20.9 Å². The van der Waals surface area contributed by atoms with Crippen LogP contribution in [0.1, 0.15) is 12.1 Å². The van der Waals surface area contributed by atoms with Crippen LogP contribution in [-0.4, -0.2) is 19.2 Å². The maximum atomic E-state index is 12.5. The van der Waals surface area contributed by atoms with Gasteiger partial charge in [-0.25, -0.2) is 13.8 Å². The summed E-state index contributed by atoms with van der Waals surface area (Å²) >= 11 is 3.09. The van der Waals surface area contributed by atoms with Crippen molar-refractivity contribution in [1.29, 1.82) is 0 Å². The van der Waals surface area contributed by atoms with Crippen molar-refractivity contribution < 1.29 is 18.3 Å². The summed E-state index contributed by atoms with van der Waals surface area (Å²) in [6, 6.07) is 1.46. The summed E-state index contributed by atoms with van der Waals surface area (Å²) < 4.78 is 34.9. The van der Waals surface area contributed by atoms with Gasteiger partial charge in [0.2, 0.25) is 5.88 Å². The fourth-order valence-electron chi connectivity index (χ4n) is 0.953. The Labute approximate surface area is 88.2 Å². The molecule has 0 bridgehead atoms. The number of hydrogen-bond acceptors (Lipinski definition) is 3. The standard InChI is InChI=1S/C8H8BrF2NO2/c1-13-5-3-4(9)7(14-2)6(12-5)8(10)11/h3,8H,1-2H3. The molecule has 0 spiro atoms. The zero-order valence-corrected chi connectivity index (χ0v) is 9.14. The van der Waals surface area contributed by atoms with Gasteiger partial charge in [-0.05, 0) is 15.9 Å². The molecule has 0 radical (unpaired) electrons. The van der Waals surface area contributed by atoms with Crippen LogP contribution in [0.25, 0.3) is 0 Å². The first-order valence-corrected chi connectivity index (χ1v) is 4.46. The Hall–Kier alpha value is -0.910. The van der Waals surface area contributed by atoms with Gasteiger partial charge in [-0.1, -0.05) is 0 Å². The predicted octanol–water partition coefficient (Wildman–Crippen LogP) is 2.80. The number of alkyl halides is 2. The Kier molecular flexibility index (Phi) is 3.62. The highest BCUT2D eigenvalue weighted by Gasteiger charge is 2.20. The van der Waals surface area contributed by atoms with Gasteiger partial charge in [0, 0.05) is 6.07 Å². The molecule has 0 aliphatic rings. The highest BCUT2D eigenvalue weighted by Crippen LogP contribution is 2.36. The van der Waals surface area contributed by atoms with Crippen LogP contribution in [-0.2, 0) is 0 Å². The van der Waals surface area contributed by atoms with E-state index in [0.29, 0.717) is 4.47 Å². The fourth-order valence-corrected chi connectivity index (χ4v) is 1.51. The summed E-state index contributed by atoms with van der Waals surface area (Å²) in [5, 5.41) is 0. The molecule has 6 heteroatoms. The Morgan fingerprint density at radius 3 is 2.43 bits per heavy atom. The Bertz CT molecular complexity index is 333. The highest BCUT2D eigenvalue weighted by molar-refractivity contribution is 9.10. The van der Waals surface area contributed by atoms with Gasteiger partial charge in [-0.2, -0.15) is 0 Å². The molecule has 0 aliphatic carbocycles. The van der Waals surface area contributed by atoms with Crippen molar-refractivity contribution in [2.75, 3.05) is 14.2 Å². The molecule has 0 saturated carbocycles. The van der Waals surface area contributed by atoms with E-state index in [1.54, 1.807) is 0 Å². The second-order valence-corrected chi connectivity index (χ2v) is 3.22. The topological polar surface area (TPSA) is 31.4 Å². The van der Waals surface area contributed by atoms with E-state index < -0.39 is 12.1 Å². The summed E-state index contributed by atoms with van der Waals surface area (Å²) in [5.74, 6) is 0.147. The lowest BCUT2D eigenvalue weighted by Crippen LogP contribution is -1.99. The van der Waals surface area contributed by atoms with Crippen molar-refractivity contribution in [2.45, 2.75) is 6.43 Å². The van der Waals surface area contributed by atoms with Crippen LogP contribution in [0.15, 0.2) is 10.5 Å². The molecule has 0 saturated heterocycles. The number of halogens is 3. The van der Waals surface area contributed by atoms with E-state index in [1.807, 2.05) is 0 Å². The van der Waals surface area contributed by atoms with Gasteiger partial charge in [-0.3, -0.25) is 0 Å². The molecule has 1 rings (SSSR count). The van der Waals surface area contributed by atoms with Crippen LogP contribution in [0.4, 0.5) is 8.78 Å². The normalized spacial score (nSPS) is 10.4. The smallest absolute Gasteiger partial charge is 0.284 e. The minimum absolute atomic E-state index is 0.0285. The summed E-state index contributed by atoms with van der Waals surface area (Å²) in [6.45, 7) is 0. The van der Waals surface area contributed by atoms with Crippen molar-refractivity contribution in [3.05, 3.63) is 16.2 Å². The van der Waals surface area contributed by atoms with Crippen LogP contribution in [0.3, 0.4) is 0 Å². The first-order chi connectivity index (χ1) is 6.60. The summed E-state index contributed by atoms with van der Waals surface area (Å²) in [5.41, 5.74) is -0.432. The zero-order chi connectivity index (χ0) is 10.7. The van der Waals surface area contributed by atoms with Crippen molar-refractivity contribution in [2.24, 2.45) is 0 Å². The number of pyridine rings is 1. The molecular formula is C8H8BrF2NO2. The molecule has 0 atom stereocenters. The van der Waals surface area contributed by atoms with E-state index >= 15 is 0 Å². The molecule has 1 aromatic rings. The lowest BCUT2D eigenvalue weighted by molar-refractivity contribution is 0.140. The fraction of sp³-hybridized carbons (Fsp3) is 0.375. The van der Waals surface area contributed by atoms with Gasteiger partial charge in [0.1, 0.15) is 0 Å². The summed E-state index contributed by atoms with van der Waals surface area (Å²) in [7, 11) is 2.66. The van der Waals surface area contributed by atoms with E-state index in [9.17, 15) is 8.78 Å². The molecular weight excluding hydrogens is 260 g/mol. The number of methoxy groups -OCH3 is 2. The molecule has 1 heterocycles. The zero-order valence-electron chi connectivity index (χ0n) is 7.55. The van der Waals surface area contributed by atoms with Crippen LogP contribution < -0.4 is 9.47 Å². The third-order valence-electron chi connectivity index (χ3n) is 1.55. The average Bonchev–Trinajstić information content (AvgIpc) is 2.16. The molecule has 0 unspecified atom stereocenters. The third kappa shape index (κ3) is 2.12. The van der Waals surface area contributed by atoms with E-state index in [1.165, 1.54) is 20.3 Å². The summed E-state index contributed by atoms with van der Waals surface area (Å²) in [4.78, 5) is 3.60. The van der Waals surface area contributed by atoms with Crippen molar-refractivity contribution in [1.82, 2.24) is 4.98 Å². The van der Waals surface area contributed by atoms with Crippen molar-refractivity contribution in [3.8, 4) is 11.6 Å². The van der Waals surface area contributed by atoms with Gasteiger partial charge in [-0.15, -0.1) is 0 Å². The molecule has 1 aromatic heterocycles. The number of hydrogen-bond donors (Lipinski definition) is 0. The van der Waals surface area contributed by atoms with Gasteiger partial charge in [0.15, 0.2) is 11.4 Å². The number of rotatable bonds is 3. The summed E-state index contributed by atoms with van der Waals surface area (Å²) in [6.07, 6.45) is -2.70. The Morgan fingerprint density at radius 1 is 1.36 bits per heavy atom. The quantitative estimate of drug-likeness (QED) is 0.844. The van der Waals surface area contributed by atoms with Gasteiger partial charge < -0.3 is 9.47 Å². The number of aromatic nitrogens is 1. The maximum absolute atomic E-state index is 12.5. The van der Waals surface area contributed by atoms with Crippen LogP contribution in [0, 0.1) is 0 Å². The Morgan fingerprint density at radius 2 is 2.00 bits per heavy atom. The van der Waals surface area contributed by atoms with E-state index in [4.69, 9.17) is 9.47 Å². The average molecular weight is 268 g/mol. The lowest BCUT2D eigenvalue weighted by atomic mass is 10.3. The minimum Gasteiger partial charge on any atom is -0.493 e. The van der Waals surface area contributed by atoms with Crippen LogP contribution in [0.2, 0.25) is 0 Å². The first-order valence-electron chi connectivity index (χ1n) is 3.66. The molecule has 78 valence electrons. The van der Waals surface area contributed by atoms with Crippen molar-refractivity contribution in [3.63, 3.8) is 0 Å². The second-order valence-electron chi connectivity index (χ2n) is 2.37. The van der Waals surface area contributed by atoms with Crippen LogP contribution >= 0.6 is 15.9 Å². The van der Waals surface area contributed by atoms with Crippen LogP contribution in [0.5, 0.6) is 11.6 Å². The van der Waals surface area contributed by atoms with Gasteiger partial charge in [0.05, 0.1) is 18.7 Å². The Balaban J connectivity index is 3.28.